The van der Waals surface area contributed by atoms with E-state index in [9.17, 15) is 14.0 Å². The van der Waals surface area contributed by atoms with E-state index in [-0.39, 0.29) is 23.9 Å². The highest BCUT2D eigenvalue weighted by Crippen LogP contribution is 2.21. The molecular formula is C20H30FN3O4. The van der Waals surface area contributed by atoms with E-state index in [1.807, 2.05) is 20.8 Å². The van der Waals surface area contributed by atoms with Crippen LogP contribution >= 0.6 is 0 Å². The Morgan fingerprint density at radius 1 is 1.25 bits per heavy atom. The van der Waals surface area contributed by atoms with Crippen LogP contribution in [0.3, 0.4) is 0 Å². The zero-order valence-electron chi connectivity index (χ0n) is 17.0. The summed E-state index contributed by atoms with van der Waals surface area (Å²) in [6, 6.07) is 5.61. The van der Waals surface area contributed by atoms with Crippen molar-refractivity contribution in [2.75, 3.05) is 38.7 Å². The molecule has 0 unspecified atom stereocenters. The number of methoxy groups -OCH3 is 1. The van der Waals surface area contributed by atoms with Gasteiger partial charge in [-0.05, 0) is 45.7 Å². The van der Waals surface area contributed by atoms with Gasteiger partial charge in [0.25, 0.3) is 0 Å². The Bertz CT molecular complexity index is 670. The summed E-state index contributed by atoms with van der Waals surface area (Å²) in [6.45, 7) is 7.24. The number of anilines is 1. The molecule has 1 aromatic carbocycles. The van der Waals surface area contributed by atoms with Gasteiger partial charge < -0.3 is 24.6 Å². The number of carbonyl (C=O) groups excluding carboxylic acids is 2. The molecule has 0 bridgehead atoms. The van der Waals surface area contributed by atoms with Crippen LogP contribution in [0.2, 0.25) is 0 Å². The van der Waals surface area contributed by atoms with Gasteiger partial charge in [-0.15, -0.1) is 0 Å². The van der Waals surface area contributed by atoms with Crippen LogP contribution in [0.25, 0.3) is 0 Å². The van der Waals surface area contributed by atoms with Crippen LogP contribution in [0.4, 0.5) is 19.7 Å². The average Bonchev–Trinajstić information content (AvgIpc) is 2.63. The number of urea groups is 1. The number of piperidine rings is 1. The van der Waals surface area contributed by atoms with E-state index < -0.39 is 11.4 Å². The highest BCUT2D eigenvalue weighted by atomic mass is 19.1. The molecule has 1 saturated heterocycles. The van der Waals surface area contributed by atoms with E-state index in [1.54, 1.807) is 29.0 Å². The van der Waals surface area contributed by atoms with Crippen molar-refractivity contribution in [2.45, 2.75) is 45.3 Å². The second-order valence-electron chi connectivity index (χ2n) is 7.79. The number of amides is 3. The molecule has 0 spiro atoms. The number of hydrogen-bond donors (Lipinski definition) is 1. The maximum atomic E-state index is 13.9. The van der Waals surface area contributed by atoms with Crippen LogP contribution in [-0.2, 0) is 9.47 Å². The van der Waals surface area contributed by atoms with E-state index in [1.165, 1.54) is 12.1 Å². The van der Waals surface area contributed by atoms with Crippen LogP contribution < -0.4 is 5.32 Å². The second-order valence-corrected chi connectivity index (χ2v) is 7.79. The first-order valence-electron chi connectivity index (χ1n) is 9.50. The quantitative estimate of drug-likeness (QED) is 0.825. The number of hydrogen-bond acceptors (Lipinski definition) is 4. The summed E-state index contributed by atoms with van der Waals surface area (Å²) >= 11 is 0. The third-order valence-corrected chi connectivity index (χ3v) is 4.47. The molecule has 0 aromatic heterocycles. The van der Waals surface area contributed by atoms with Crippen LogP contribution in [0, 0.1) is 5.82 Å². The molecular weight excluding hydrogens is 365 g/mol. The van der Waals surface area contributed by atoms with Crippen molar-refractivity contribution in [3.05, 3.63) is 30.1 Å². The summed E-state index contributed by atoms with van der Waals surface area (Å²) in [5, 5.41) is 2.63. The fourth-order valence-electron chi connectivity index (χ4n) is 3.08. The number of likely N-dealkylation sites (tertiary alicyclic amines) is 1. The van der Waals surface area contributed by atoms with Crippen LogP contribution in [0.15, 0.2) is 24.3 Å². The van der Waals surface area contributed by atoms with Gasteiger partial charge >= 0.3 is 12.1 Å². The molecule has 1 aromatic rings. The molecule has 156 valence electrons. The standard InChI is InChI=1S/C20H30FN3O4/c1-20(2,3)28-19(26)23-11-9-15(10-12-23)24(13-14-27-4)18(25)22-17-8-6-5-7-16(17)21/h5-8,15H,9-14H2,1-4H3,(H,22,25). The van der Waals surface area contributed by atoms with Gasteiger partial charge in [-0.3, -0.25) is 0 Å². The van der Waals surface area contributed by atoms with Gasteiger partial charge in [0.05, 0.1) is 12.3 Å². The van der Waals surface area contributed by atoms with Gasteiger partial charge in [0.2, 0.25) is 0 Å². The third kappa shape index (κ3) is 6.37. The third-order valence-electron chi connectivity index (χ3n) is 4.47. The lowest BCUT2D eigenvalue weighted by Gasteiger charge is -2.38. The molecule has 1 aliphatic rings. The number of para-hydroxylation sites is 1. The summed E-state index contributed by atoms with van der Waals surface area (Å²) in [4.78, 5) is 28.3. The highest BCUT2D eigenvalue weighted by Gasteiger charge is 2.31. The maximum Gasteiger partial charge on any atom is 0.410 e. The first-order valence-corrected chi connectivity index (χ1v) is 9.50. The molecule has 0 atom stereocenters. The number of benzene rings is 1. The van der Waals surface area contributed by atoms with Crippen molar-refractivity contribution in [1.29, 1.82) is 0 Å². The van der Waals surface area contributed by atoms with Crippen molar-refractivity contribution in [3.8, 4) is 0 Å². The minimum atomic E-state index is -0.544. The fourth-order valence-corrected chi connectivity index (χ4v) is 3.08. The van der Waals surface area contributed by atoms with Crippen molar-refractivity contribution < 1.29 is 23.5 Å². The molecule has 1 fully saturated rings. The largest absolute Gasteiger partial charge is 0.444 e. The molecule has 7 nitrogen and oxygen atoms in total. The van der Waals surface area contributed by atoms with Crippen molar-refractivity contribution in [1.82, 2.24) is 9.80 Å². The predicted molar refractivity (Wildman–Crippen MR) is 105 cm³/mol. The Labute approximate surface area is 165 Å². The summed E-state index contributed by atoms with van der Waals surface area (Å²) in [7, 11) is 1.57. The minimum absolute atomic E-state index is 0.0689. The van der Waals surface area contributed by atoms with Gasteiger partial charge in [0.15, 0.2) is 0 Å². The van der Waals surface area contributed by atoms with E-state index in [0.717, 1.165) is 0 Å². The summed E-state index contributed by atoms with van der Waals surface area (Å²) in [6.07, 6.45) is 0.895. The zero-order valence-corrected chi connectivity index (χ0v) is 17.0. The van der Waals surface area contributed by atoms with Gasteiger partial charge in [-0.25, -0.2) is 14.0 Å². The minimum Gasteiger partial charge on any atom is -0.444 e. The smallest absolute Gasteiger partial charge is 0.410 e. The molecule has 2 rings (SSSR count). The second kappa shape index (κ2) is 9.73. The number of nitrogens with zero attached hydrogens (tertiary/aromatic N) is 2. The van der Waals surface area contributed by atoms with E-state index >= 15 is 0 Å². The number of halogens is 1. The monoisotopic (exact) mass is 395 g/mol. The summed E-state index contributed by atoms with van der Waals surface area (Å²) in [5.74, 6) is -0.484. The first-order chi connectivity index (χ1) is 13.2. The van der Waals surface area contributed by atoms with Crippen molar-refractivity contribution >= 4 is 17.8 Å². The summed E-state index contributed by atoms with van der Waals surface area (Å²) in [5.41, 5.74) is -0.404. The first kappa shape index (κ1) is 21.9. The van der Waals surface area contributed by atoms with E-state index in [0.29, 0.717) is 39.1 Å². The normalized spacial score (nSPS) is 15.2. The lowest BCUT2D eigenvalue weighted by atomic mass is 10.0. The Morgan fingerprint density at radius 3 is 2.46 bits per heavy atom. The number of ether oxygens (including phenoxy) is 2. The lowest BCUT2D eigenvalue weighted by molar-refractivity contribution is 0.0158. The predicted octanol–water partition coefficient (Wildman–Crippen LogP) is 3.71. The molecule has 3 amide bonds. The van der Waals surface area contributed by atoms with Crippen LogP contribution in [-0.4, -0.2) is 66.9 Å². The maximum absolute atomic E-state index is 13.9. The number of carbonyl (C=O) groups is 2. The SMILES string of the molecule is COCCN(C(=O)Nc1ccccc1F)C1CCN(C(=O)OC(C)(C)C)CC1. The van der Waals surface area contributed by atoms with Crippen LogP contribution in [0.1, 0.15) is 33.6 Å². The average molecular weight is 395 g/mol. The van der Waals surface area contributed by atoms with Crippen LogP contribution in [0.5, 0.6) is 0 Å². The van der Waals surface area contributed by atoms with E-state index in [4.69, 9.17) is 9.47 Å². The number of nitrogens with one attached hydrogen (secondary N) is 1. The molecule has 1 aliphatic heterocycles. The lowest BCUT2D eigenvalue weighted by Crippen LogP contribution is -2.51. The summed E-state index contributed by atoms with van der Waals surface area (Å²) < 4.78 is 24.4. The zero-order chi connectivity index (χ0) is 20.7. The Kier molecular flexibility index (Phi) is 7.62. The molecule has 0 saturated carbocycles. The van der Waals surface area contributed by atoms with Gasteiger partial charge in [-0.2, -0.15) is 0 Å². The molecule has 28 heavy (non-hydrogen) atoms. The Hall–Kier alpha value is -2.35. The molecule has 8 heteroatoms. The van der Waals surface area contributed by atoms with Gasteiger partial charge in [-0.1, -0.05) is 12.1 Å². The molecule has 0 aliphatic carbocycles. The molecule has 0 radical (unpaired) electrons. The van der Waals surface area contributed by atoms with Crippen molar-refractivity contribution in [2.24, 2.45) is 0 Å². The Balaban J connectivity index is 1.99. The number of rotatable bonds is 5. The molecule has 1 N–H and O–H groups in total. The topological polar surface area (TPSA) is 71.1 Å². The van der Waals surface area contributed by atoms with Crippen molar-refractivity contribution in [3.63, 3.8) is 0 Å². The Morgan fingerprint density at radius 2 is 1.89 bits per heavy atom. The van der Waals surface area contributed by atoms with Gasteiger partial charge in [0.1, 0.15) is 11.4 Å². The fraction of sp³-hybridized carbons (Fsp3) is 0.600. The van der Waals surface area contributed by atoms with E-state index in [2.05, 4.69) is 5.32 Å². The van der Waals surface area contributed by atoms with Gasteiger partial charge in [0, 0.05) is 32.8 Å². The highest BCUT2D eigenvalue weighted by molar-refractivity contribution is 5.89. The molecule has 1 heterocycles.